The summed E-state index contributed by atoms with van der Waals surface area (Å²) in [6.45, 7) is 1.27. The summed E-state index contributed by atoms with van der Waals surface area (Å²) in [6.07, 6.45) is -0.537. The molecule has 0 radical (unpaired) electrons. The van der Waals surface area contributed by atoms with Gasteiger partial charge in [0.25, 0.3) is 0 Å². The number of carbonyl (C=O) groups is 3. The third-order valence-corrected chi connectivity index (χ3v) is 2.66. The van der Waals surface area contributed by atoms with Crippen molar-refractivity contribution in [1.29, 1.82) is 5.41 Å². The Morgan fingerprint density at radius 2 is 1.79 bits per heavy atom. The standard InChI is InChI=1S/C14H15NO4/c1-9(16)7-11(14(18)19)12(15)8-13(17)10-5-3-2-4-6-10/h2-6,11,15H,7-8H2,1H3,(H,18,19). The van der Waals surface area contributed by atoms with Gasteiger partial charge in [0.05, 0.1) is 0 Å². The summed E-state index contributed by atoms with van der Waals surface area (Å²) in [5, 5.41) is 16.7. The summed E-state index contributed by atoms with van der Waals surface area (Å²) < 4.78 is 0. The fourth-order valence-electron chi connectivity index (χ4n) is 1.67. The van der Waals surface area contributed by atoms with E-state index in [1.54, 1.807) is 30.3 Å². The van der Waals surface area contributed by atoms with Crippen LogP contribution in [0.25, 0.3) is 0 Å². The third-order valence-electron chi connectivity index (χ3n) is 2.66. The van der Waals surface area contributed by atoms with Gasteiger partial charge in [-0.15, -0.1) is 0 Å². The van der Waals surface area contributed by atoms with E-state index in [1.807, 2.05) is 0 Å². The summed E-state index contributed by atoms with van der Waals surface area (Å²) in [4.78, 5) is 33.8. The summed E-state index contributed by atoms with van der Waals surface area (Å²) in [6, 6.07) is 8.37. The van der Waals surface area contributed by atoms with Crippen molar-refractivity contribution in [3.63, 3.8) is 0 Å². The lowest BCUT2D eigenvalue weighted by atomic mass is 9.92. The molecule has 0 aliphatic heterocycles. The van der Waals surface area contributed by atoms with Gasteiger partial charge in [0.2, 0.25) is 0 Å². The van der Waals surface area contributed by atoms with Gasteiger partial charge in [0.15, 0.2) is 5.78 Å². The SMILES string of the molecule is CC(=O)CC(C(=N)CC(=O)c1ccccc1)C(=O)O. The zero-order valence-corrected chi connectivity index (χ0v) is 10.6. The largest absolute Gasteiger partial charge is 0.481 e. The van der Waals surface area contributed by atoms with Gasteiger partial charge in [0.1, 0.15) is 11.7 Å². The Bertz CT molecular complexity index is 507. The van der Waals surface area contributed by atoms with Gasteiger partial charge in [-0.25, -0.2) is 0 Å². The fourth-order valence-corrected chi connectivity index (χ4v) is 1.67. The molecule has 0 bridgehead atoms. The van der Waals surface area contributed by atoms with Crippen molar-refractivity contribution in [2.75, 3.05) is 0 Å². The molecule has 5 heteroatoms. The maximum Gasteiger partial charge on any atom is 0.312 e. The predicted octanol–water partition coefficient (Wildman–Crippen LogP) is 1.96. The quantitative estimate of drug-likeness (QED) is 0.579. The highest BCUT2D eigenvalue weighted by molar-refractivity contribution is 6.14. The minimum Gasteiger partial charge on any atom is -0.481 e. The van der Waals surface area contributed by atoms with Gasteiger partial charge in [0, 0.05) is 24.1 Å². The second-order valence-electron chi connectivity index (χ2n) is 4.29. The van der Waals surface area contributed by atoms with E-state index in [-0.39, 0.29) is 30.1 Å². The molecule has 5 nitrogen and oxygen atoms in total. The van der Waals surface area contributed by atoms with Gasteiger partial charge in [-0.05, 0) is 6.92 Å². The van der Waals surface area contributed by atoms with Crippen LogP contribution in [0.1, 0.15) is 30.1 Å². The van der Waals surface area contributed by atoms with Gasteiger partial charge in [-0.2, -0.15) is 0 Å². The van der Waals surface area contributed by atoms with E-state index in [0.29, 0.717) is 5.56 Å². The molecule has 2 N–H and O–H groups in total. The monoisotopic (exact) mass is 261 g/mol. The minimum atomic E-state index is -1.25. The first-order chi connectivity index (χ1) is 8.91. The van der Waals surface area contributed by atoms with E-state index >= 15 is 0 Å². The van der Waals surface area contributed by atoms with Gasteiger partial charge in [-0.3, -0.25) is 14.4 Å². The lowest BCUT2D eigenvalue weighted by molar-refractivity contribution is -0.141. The van der Waals surface area contributed by atoms with Crippen LogP contribution in [0, 0.1) is 11.3 Å². The molecule has 0 amide bonds. The van der Waals surface area contributed by atoms with Crippen molar-refractivity contribution in [2.45, 2.75) is 19.8 Å². The molecule has 100 valence electrons. The molecule has 0 aromatic heterocycles. The highest BCUT2D eigenvalue weighted by atomic mass is 16.4. The molecular formula is C14H15NO4. The molecule has 1 unspecified atom stereocenters. The molecular weight excluding hydrogens is 246 g/mol. The van der Waals surface area contributed by atoms with Crippen molar-refractivity contribution in [3.05, 3.63) is 35.9 Å². The van der Waals surface area contributed by atoms with Crippen molar-refractivity contribution in [3.8, 4) is 0 Å². The number of Topliss-reactive ketones (excluding diaryl/α,β-unsaturated/α-hetero) is 2. The number of carboxylic acid groups (broad SMARTS) is 1. The lowest BCUT2D eigenvalue weighted by Crippen LogP contribution is -2.27. The molecule has 0 saturated carbocycles. The fraction of sp³-hybridized carbons (Fsp3) is 0.286. The van der Waals surface area contributed by atoms with Crippen LogP contribution in [-0.2, 0) is 9.59 Å². The van der Waals surface area contributed by atoms with Crippen LogP contribution in [0.15, 0.2) is 30.3 Å². The number of rotatable bonds is 7. The molecule has 0 fully saturated rings. The van der Waals surface area contributed by atoms with Gasteiger partial charge < -0.3 is 10.5 Å². The summed E-state index contributed by atoms with van der Waals surface area (Å²) in [7, 11) is 0. The molecule has 1 aromatic rings. The van der Waals surface area contributed by atoms with Crippen LogP contribution < -0.4 is 0 Å². The maximum absolute atomic E-state index is 11.8. The zero-order valence-electron chi connectivity index (χ0n) is 10.6. The molecule has 0 spiro atoms. The highest BCUT2D eigenvalue weighted by Crippen LogP contribution is 2.12. The van der Waals surface area contributed by atoms with Crippen LogP contribution in [-0.4, -0.2) is 28.4 Å². The second-order valence-corrected chi connectivity index (χ2v) is 4.29. The summed E-state index contributed by atoms with van der Waals surface area (Å²) >= 11 is 0. The normalized spacial score (nSPS) is 11.6. The number of hydrogen-bond acceptors (Lipinski definition) is 4. The molecule has 0 saturated heterocycles. The Balaban J connectivity index is 2.75. The predicted molar refractivity (Wildman–Crippen MR) is 69.5 cm³/mol. The van der Waals surface area contributed by atoms with Crippen molar-refractivity contribution in [1.82, 2.24) is 0 Å². The Morgan fingerprint density at radius 1 is 1.21 bits per heavy atom. The van der Waals surface area contributed by atoms with E-state index in [1.165, 1.54) is 6.92 Å². The summed E-state index contributed by atoms with van der Waals surface area (Å²) in [5.74, 6) is -3.10. The van der Waals surface area contributed by atoms with Crippen LogP contribution in [0.5, 0.6) is 0 Å². The molecule has 0 heterocycles. The van der Waals surface area contributed by atoms with E-state index in [9.17, 15) is 14.4 Å². The van der Waals surface area contributed by atoms with Gasteiger partial charge in [-0.1, -0.05) is 30.3 Å². The Hall–Kier alpha value is -2.30. The number of nitrogens with one attached hydrogen (secondary N) is 1. The van der Waals surface area contributed by atoms with Crippen LogP contribution >= 0.6 is 0 Å². The highest BCUT2D eigenvalue weighted by Gasteiger charge is 2.26. The number of aliphatic carboxylic acids is 1. The van der Waals surface area contributed by atoms with Crippen LogP contribution in [0.3, 0.4) is 0 Å². The Labute approximate surface area is 110 Å². The number of ketones is 2. The first kappa shape index (κ1) is 14.8. The smallest absolute Gasteiger partial charge is 0.312 e. The average molecular weight is 261 g/mol. The average Bonchev–Trinajstić information content (AvgIpc) is 2.36. The molecule has 0 aliphatic rings. The van der Waals surface area contributed by atoms with Crippen LogP contribution in [0.2, 0.25) is 0 Å². The summed E-state index contributed by atoms with van der Waals surface area (Å²) in [5.41, 5.74) is 0.191. The Morgan fingerprint density at radius 3 is 2.26 bits per heavy atom. The minimum absolute atomic E-state index is 0.239. The first-order valence-electron chi connectivity index (χ1n) is 5.79. The second kappa shape index (κ2) is 6.58. The van der Waals surface area contributed by atoms with Crippen LogP contribution in [0.4, 0.5) is 0 Å². The molecule has 0 aliphatic carbocycles. The van der Waals surface area contributed by atoms with E-state index in [0.717, 1.165) is 0 Å². The lowest BCUT2D eigenvalue weighted by Gasteiger charge is -2.11. The number of hydrogen-bond donors (Lipinski definition) is 2. The van der Waals surface area contributed by atoms with E-state index in [2.05, 4.69) is 0 Å². The van der Waals surface area contributed by atoms with E-state index in [4.69, 9.17) is 10.5 Å². The van der Waals surface area contributed by atoms with Crippen molar-refractivity contribution < 1.29 is 19.5 Å². The number of benzene rings is 1. The molecule has 19 heavy (non-hydrogen) atoms. The van der Waals surface area contributed by atoms with Crippen molar-refractivity contribution in [2.24, 2.45) is 5.92 Å². The number of carboxylic acids is 1. The van der Waals surface area contributed by atoms with Crippen molar-refractivity contribution >= 4 is 23.2 Å². The molecule has 1 rings (SSSR count). The maximum atomic E-state index is 11.8. The first-order valence-corrected chi connectivity index (χ1v) is 5.79. The third kappa shape index (κ3) is 4.46. The topological polar surface area (TPSA) is 95.3 Å². The molecule has 1 aromatic carbocycles. The Kier molecular flexibility index (Phi) is 5.11. The molecule has 1 atom stereocenters. The van der Waals surface area contributed by atoms with Gasteiger partial charge >= 0.3 is 5.97 Å². The number of carbonyl (C=O) groups excluding carboxylic acids is 2. The zero-order chi connectivity index (χ0) is 14.4. The van der Waals surface area contributed by atoms with E-state index < -0.39 is 11.9 Å².